The van der Waals surface area contributed by atoms with Crippen LogP contribution in [-0.4, -0.2) is 31.4 Å². The van der Waals surface area contributed by atoms with E-state index in [0.717, 1.165) is 11.3 Å². The van der Waals surface area contributed by atoms with E-state index in [1.807, 2.05) is 50.2 Å². The molecule has 3 rings (SSSR count). The zero-order valence-electron chi connectivity index (χ0n) is 13.7. The first-order valence-electron chi connectivity index (χ1n) is 7.62. The third-order valence-corrected chi connectivity index (χ3v) is 4.82. The first kappa shape index (κ1) is 17.4. The zero-order valence-corrected chi connectivity index (χ0v) is 15.3. The Bertz CT molecular complexity index is 884. The highest BCUT2D eigenvalue weighted by molar-refractivity contribution is 8.00. The summed E-state index contributed by atoms with van der Waals surface area (Å²) in [5.41, 5.74) is 2.49. The number of aromatic nitrogens is 4. The molecule has 1 atom stereocenters. The largest absolute Gasteiger partial charge is 0.325 e. The van der Waals surface area contributed by atoms with Crippen LogP contribution in [0.15, 0.2) is 53.7 Å². The summed E-state index contributed by atoms with van der Waals surface area (Å²) >= 11 is 7.29. The molecule has 1 N–H and O–H groups in total. The Hall–Kier alpha value is -2.38. The Morgan fingerprint density at radius 1 is 1.24 bits per heavy atom. The predicted molar refractivity (Wildman–Crippen MR) is 99.3 cm³/mol. The lowest BCUT2D eigenvalue weighted by Gasteiger charge is -2.13. The summed E-state index contributed by atoms with van der Waals surface area (Å²) in [7, 11) is 0. The van der Waals surface area contributed by atoms with Gasteiger partial charge in [-0.15, -0.1) is 5.10 Å². The highest BCUT2D eigenvalue weighted by Crippen LogP contribution is 2.25. The van der Waals surface area contributed by atoms with Crippen molar-refractivity contribution in [3.63, 3.8) is 0 Å². The van der Waals surface area contributed by atoms with Crippen molar-refractivity contribution in [3.8, 4) is 5.69 Å². The molecule has 25 heavy (non-hydrogen) atoms. The van der Waals surface area contributed by atoms with Gasteiger partial charge in [0.1, 0.15) is 0 Å². The minimum absolute atomic E-state index is 0.141. The summed E-state index contributed by atoms with van der Waals surface area (Å²) < 4.78 is 1.61. The second-order valence-corrected chi connectivity index (χ2v) is 7.16. The first-order chi connectivity index (χ1) is 12.0. The van der Waals surface area contributed by atoms with Crippen LogP contribution in [-0.2, 0) is 4.79 Å². The van der Waals surface area contributed by atoms with Gasteiger partial charge in [-0.3, -0.25) is 4.79 Å². The van der Waals surface area contributed by atoms with Crippen molar-refractivity contribution in [1.29, 1.82) is 0 Å². The molecule has 3 aromatic rings. The summed E-state index contributed by atoms with van der Waals surface area (Å²) in [5.74, 6) is -0.141. The summed E-state index contributed by atoms with van der Waals surface area (Å²) in [4.78, 5) is 12.5. The first-order valence-corrected chi connectivity index (χ1v) is 8.88. The monoisotopic (exact) mass is 373 g/mol. The van der Waals surface area contributed by atoms with E-state index in [1.165, 1.54) is 11.8 Å². The Kier molecular flexibility index (Phi) is 5.35. The fourth-order valence-electron chi connectivity index (χ4n) is 2.16. The molecule has 1 amide bonds. The SMILES string of the molecule is Cc1ccc(Cl)cc1NC(=O)C(C)Sc1nnnn1-c1ccccc1. The van der Waals surface area contributed by atoms with Crippen molar-refractivity contribution < 1.29 is 4.79 Å². The van der Waals surface area contributed by atoms with Crippen molar-refractivity contribution in [3.05, 3.63) is 59.1 Å². The van der Waals surface area contributed by atoms with E-state index in [4.69, 9.17) is 11.6 Å². The number of thioether (sulfide) groups is 1. The minimum Gasteiger partial charge on any atom is -0.325 e. The Balaban J connectivity index is 1.73. The second kappa shape index (κ2) is 7.67. The van der Waals surface area contributed by atoms with E-state index in [1.54, 1.807) is 16.8 Å². The van der Waals surface area contributed by atoms with Crippen LogP contribution in [0.25, 0.3) is 5.69 Å². The lowest BCUT2D eigenvalue weighted by atomic mass is 10.2. The van der Waals surface area contributed by atoms with Crippen LogP contribution in [0.3, 0.4) is 0 Å². The van der Waals surface area contributed by atoms with Crippen LogP contribution in [0.1, 0.15) is 12.5 Å². The number of aryl methyl sites for hydroxylation is 1. The van der Waals surface area contributed by atoms with Crippen LogP contribution in [0.5, 0.6) is 0 Å². The van der Waals surface area contributed by atoms with E-state index in [0.29, 0.717) is 15.9 Å². The van der Waals surface area contributed by atoms with Gasteiger partial charge in [0, 0.05) is 10.7 Å². The standard InChI is InChI=1S/C17H16ClN5OS/c1-11-8-9-13(18)10-15(11)19-16(24)12(2)25-17-20-21-22-23(17)14-6-4-3-5-7-14/h3-10,12H,1-2H3,(H,19,24). The number of halogens is 1. The maximum Gasteiger partial charge on any atom is 0.237 e. The Morgan fingerprint density at radius 2 is 2.00 bits per heavy atom. The predicted octanol–water partition coefficient (Wildman–Crippen LogP) is 3.74. The lowest BCUT2D eigenvalue weighted by molar-refractivity contribution is -0.115. The van der Waals surface area contributed by atoms with Gasteiger partial charge < -0.3 is 5.32 Å². The molecule has 8 heteroatoms. The molecular formula is C17H16ClN5OS. The highest BCUT2D eigenvalue weighted by Gasteiger charge is 2.20. The Morgan fingerprint density at radius 3 is 2.76 bits per heavy atom. The molecule has 1 aromatic heterocycles. The number of nitrogens with zero attached hydrogens (tertiary/aromatic N) is 4. The van der Waals surface area contributed by atoms with Crippen molar-refractivity contribution >= 4 is 35.0 Å². The third-order valence-electron chi connectivity index (χ3n) is 3.55. The number of para-hydroxylation sites is 1. The molecule has 0 spiro atoms. The summed E-state index contributed by atoms with van der Waals surface area (Å²) in [5, 5.41) is 15.4. The fourth-order valence-corrected chi connectivity index (χ4v) is 3.14. The maximum absolute atomic E-state index is 12.5. The average Bonchev–Trinajstić information content (AvgIpc) is 3.07. The van der Waals surface area contributed by atoms with Crippen molar-refractivity contribution in [2.45, 2.75) is 24.3 Å². The molecule has 1 heterocycles. The molecule has 128 valence electrons. The number of anilines is 1. The van der Waals surface area contributed by atoms with E-state index in [2.05, 4.69) is 20.8 Å². The maximum atomic E-state index is 12.5. The summed E-state index contributed by atoms with van der Waals surface area (Å²) in [6, 6.07) is 14.9. The number of hydrogen-bond acceptors (Lipinski definition) is 5. The van der Waals surface area contributed by atoms with Gasteiger partial charge in [0.2, 0.25) is 11.1 Å². The summed E-state index contributed by atoms with van der Waals surface area (Å²) in [6.45, 7) is 3.73. The van der Waals surface area contributed by atoms with E-state index < -0.39 is 0 Å². The molecular weight excluding hydrogens is 358 g/mol. The topological polar surface area (TPSA) is 72.7 Å². The highest BCUT2D eigenvalue weighted by atomic mass is 35.5. The molecule has 0 saturated carbocycles. The van der Waals surface area contributed by atoms with Gasteiger partial charge in [-0.1, -0.05) is 47.6 Å². The summed E-state index contributed by atoms with van der Waals surface area (Å²) in [6.07, 6.45) is 0. The van der Waals surface area contributed by atoms with Gasteiger partial charge in [0.05, 0.1) is 10.9 Å². The van der Waals surface area contributed by atoms with Crippen LogP contribution in [0.2, 0.25) is 5.02 Å². The van der Waals surface area contributed by atoms with Crippen molar-refractivity contribution in [2.24, 2.45) is 0 Å². The number of carbonyl (C=O) groups excluding carboxylic acids is 1. The molecule has 2 aromatic carbocycles. The van der Waals surface area contributed by atoms with E-state index in [-0.39, 0.29) is 11.2 Å². The molecule has 0 bridgehead atoms. The number of benzene rings is 2. The number of nitrogens with one attached hydrogen (secondary N) is 1. The van der Waals surface area contributed by atoms with Crippen LogP contribution in [0, 0.1) is 6.92 Å². The lowest BCUT2D eigenvalue weighted by Crippen LogP contribution is -2.23. The molecule has 0 radical (unpaired) electrons. The third kappa shape index (κ3) is 4.18. The smallest absolute Gasteiger partial charge is 0.237 e. The number of rotatable bonds is 5. The second-order valence-electron chi connectivity index (χ2n) is 5.42. The number of tetrazole rings is 1. The van der Waals surface area contributed by atoms with Crippen molar-refractivity contribution in [2.75, 3.05) is 5.32 Å². The Labute approximate surface area is 154 Å². The number of carbonyl (C=O) groups is 1. The molecule has 0 aliphatic carbocycles. The molecule has 0 aliphatic heterocycles. The van der Waals surface area contributed by atoms with Gasteiger partial charge in [0.25, 0.3) is 0 Å². The van der Waals surface area contributed by atoms with Crippen LogP contribution < -0.4 is 5.32 Å². The zero-order chi connectivity index (χ0) is 17.8. The molecule has 1 unspecified atom stereocenters. The van der Waals surface area contributed by atoms with Gasteiger partial charge >= 0.3 is 0 Å². The minimum atomic E-state index is -0.383. The van der Waals surface area contributed by atoms with Crippen molar-refractivity contribution in [1.82, 2.24) is 20.2 Å². The molecule has 6 nitrogen and oxygen atoms in total. The van der Waals surface area contributed by atoms with Gasteiger partial charge in [-0.05, 0) is 54.1 Å². The van der Waals surface area contributed by atoms with Gasteiger partial charge in [-0.25, -0.2) is 0 Å². The van der Waals surface area contributed by atoms with Crippen LogP contribution in [0.4, 0.5) is 5.69 Å². The fraction of sp³-hybridized carbons (Fsp3) is 0.176. The van der Waals surface area contributed by atoms with Gasteiger partial charge in [0.15, 0.2) is 0 Å². The number of amides is 1. The quantitative estimate of drug-likeness (QED) is 0.689. The van der Waals surface area contributed by atoms with Crippen LogP contribution >= 0.6 is 23.4 Å². The normalized spacial score (nSPS) is 12.0. The number of hydrogen-bond donors (Lipinski definition) is 1. The molecule has 0 saturated heterocycles. The molecule has 0 fully saturated rings. The van der Waals surface area contributed by atoms with Gasteiger partial charge in [-0.2, -0.15) is 4.68 Å². The average molecular weight is 374 g/mol. The van der Waals surface area contributed by atoms with E-state index in [9.17, 15) is 4.79 Å². The van der Waals surface area contributed by atoms with E-state index >= 15 is 0 Å². The molecule has 0 aliphatic rings.